The summed E-state index contributed by atoms with van der Waals surface area (Å²) in [6.45, 7) is 14.5. The van der Waals surface area contributed by atoms with Crippen molar-refractivity contribution in [2.75, 3.05) is 13.2 Å². The fraction of sp³-hybridized carbons (Fsp3) is 0.522. The number of halogens is 1. The lowest BCUT2D eigenvalue weighted by molar-refractivity contribution is -2.00. The first kappa shape index (κ1) is 24.1. The third-order valence-electron chi connectivity index (χ3n) is 6.46. The van der Waals surface area contributed by atoms with Gasteiger partial charge in [0.15, 0.2) is 23.7 Å². The molecule has 0 spiro atoms. The van der Waals surface area contributed by atoms with Crippen LogP contribution in [0.5, 0.6) is 0 Å². The average Bonchev–Trinajstić information content (AvgIpc) is 2.66. The van der Waals surface area contributed by atoms with Crippen molar-refractivity contribution in [1.29, 1.82) is 0 Å². The Morgan fingerprint density at radius 2 is 1.42 bits per heavy atom. The number of nitrogens with zero attached hydrogens (tertiary/aromatic N) is 1. The van der Waals surface area contributed by atoms with Crippen LogP contribution >= 0.6 is 0 Å². The van der Waals surface area contributed by atoms with Gasteiger partial charge in [-0.2, -0.15) is 4.57 Å². The molecule has 7 nitrogen and oxygen atoms in total. The Hall–Kier alpha value is -1.58. The van der Waals surface area contributed by atoms with E-state index in [2.05, 4.69) is 82.6 Å². The number of fused-ring (bicyclic) bond motifs is 1. The zero-order chi connectivity index (χ0) is 23.2. The van der Waals surface area contributed by atoms with Crippen LogP contribution in [0, 0.1) is 29.5 Å². The number of aromatic nitrogens is 1. The summed E-state index contributed by atoms with van der Waals surface area (Å²) in [5.74, 6) is -0.591. The number of aryl methyl sites for hydroxylation is 2. The zero-order valence-electron chi connectivity index (χ0n) is 18.8. The van der Waals surface area contributed by atoms with E-state index in [9.17, 15) is 0 Å². The molecule has 0 saturated carbocycles. The lowest BCUT2D eigenvalue weighted by Gasteiger charge is -2.57. The summed E-state index contributed by atoms with van der Waals surface area (Å²) < 4.78 is 49.5. The molecule has 1 aromatic heterocycles. The van der Waals surface area contributed by atoms with Crippen molar-refractivity contribution in [2.45, 2.75) is 59.3 Å². The molecule has 2 aliphatic heterocycles. The summed E-state index contributed by atoms with van der Waals surface area (Å²) in [6, 6.07) is 11.2. The highest BCUT2D eigenvalue weighted by Crippen LogP contribution is 2.62. The van der Waals surface area contributed by atoms with Crippen molar-refractivity contribution in [2.24, 2.45) is 5.41 Å². The molecule has 2 bridgehead atoms. The second-order valence-corrected chi connectivity index (χ2v) is 9.28. The minimum absolute atomic E-state index is 0.0681. The van der Waals surface area contributed by atoms with Crippen LogP contribution in [0.1, 0.15) is 67.6 Å². The van der Waals surface area contributed by atoms with Crippen molar-refractivity contribution in [3.8, 4) is 0 Å². The van der Waals surface area contributed by atoms with E-state index >= 15 is 0 Å². The summed E-state index contributed by atoms with van der Waals surface area (Å²) in [5, 5.41) is 0. The standard InChI is InChI=1S/C23H30NO2.ClHO4/c1-7-25-23(26-8-2)20-17-11-9-10-14-24(17)21(22(23,5)6)19-16(4)13-12-15(3)18(19)20;2-1(3,4)5/h9-14,20-21H,7-8H2,1-6H3;(H,2,3,4,5)/q+1;/p-1. The van der Waals surface area contributed by atoms with Gasteiger partial charge in [-0.05, 0) is 58.2 Å². The minimum atomic E-state index is -4.94. The second-order valence-electron chi connectivity index (χ2n) is 8.53. The molecule has 3 heterocycles. The van der Waals surface area contributed by atoms with Crippen LogP contribution in [0.3, 0.4) is 0 Å². The molecule has 0 radical (unpaired) electrons. The minimum Gasteiger partial charge on any atom is -0.348 e. The van der Waals surface area contributed by atoms with Gasteiger partial charge in [-0.15, -0.1) is 10.2 Å². The molecule has 0 amide bonds. The first-order valence-electron chi connectivity index (χ1n) is 10.4. The van der Waals surface area contributed by atoms with Crippen LogP contribution in [0.4, 0.5) is 0 Å². The van der Waals surface area contributed by atoms with E-state index in [0.29, 0.717) is 13.2 Å². The maximum absolute atomic E-state index is 8.49. The van der Waals surface area contributed by atoms with E-state index in [-0.39, 0.29) is 17.4 Å². The lowest BCUT2D eigenvalue weighted by Crippen LogP contribution is -2.72. The molecule has 1 aromatic carbocycles. The normalized spacial score (nSPS) is 22.3. The maximum Gasteiger partial charge on any atom is 0.196 e. The van der Waals surface area contributed by atoms with E-state index < -0.39 is 16.0 Å². The molecule has 8 heteroatoms. The van der Waals surface area contributed by atoms with Crippen LogP contribution in [-0.4, -0.2) is 19.0 Å². The van der Waals surface area contributed by atoms with E-state index in [1.807, 2.05) is 0 Å². The topological polar surface area (TPSA) is 115 Å². The predicted molar refractivity (Wildman–Crippen MR) is 102 cm³/mol. The van der Waals surface area contributed by atoms with Crippen molar-refractivity contribution >= 4 is 0 Å². The number of hydrogen-bond donors (Lipinski definition) is 0. The molecule has 2 aromatic rings. The van der Waals surface area contributed by atoms with Crippen LogP contribution in [0.25, 0.3) is 0 Å². The summed E-state index contributed by atoms with van der Waals surface area (Å²) in [5.41, 5.74) is 6.64. The van der Waals surface area contributed by atoms with E-state index in [0.717, 1.165) is 0 Å². The van der Waals surface area contributed by atoms with Gasteiger partial charge in [0.05, 0.1) is 5.41 Å². The van der Waals surface area contributed by atoms with Crippen LogP contribution in [0.2, 0.25) is 0 Å². The van der Waals surface area contributed by atoms with Crippen LogP contribution in [0.15, 0.2) is 36.5 Å². The molecular formula is C23H30ClNO6. The molecule has 0 saturated heterocycles. The quantitative estimate of drug-likeness (QED) is 0.464. The Morgan fingerprint density at radius 1 is 0.903 bits per heavy atom. The van der Waals surface area contributed by atoms with Crippen molar-refractivity contribution in [3.05, 3.63) is 64.5 Å². The molecule has 31 heavy (non-hydrogen) atoms. The molecular weight excluding hydrogens is 422 g/mol. The van der Waals surface area contributed by atoms with Gasteiger partial charge in [-0.1, -0.05) is 18.2 Å². The highest BCUT2D eigenvalue weighted by atomic mass is 35.7. The van der Waals surface area contributed by atoms with Gasteiger partial charge in [0.25, 0.3) is 0 Å². The highest BCUT2D eigenvalue weighted by Gasteiger charge is 2.71. The average molecular weight is 452 g/mol. The van der Waals surface area contributed by atoms with Crippen LogP contribution in [-0.2, 0) is 9.47 Å². The molecule has 0 N–H and O–H groups in total. The molecule has 170 valence electrons. The summed E-state index contributed by atoms with van der Waals surface area (Å²) in [6.07, 6.45) is 2.22. The second kappa shape index (κ2) is 8.41. The Bertz CT molecular complexity index is 944. The van der Waals surface area contributed by atoms with Crippen molar-refractivity contribution in [1.82, 2.24) is 0 Å². The summed E-state index contributed by atoms with van der Waals surface area (Å²) in [7, 11) is -4.94. The Kier molecular flexibility index (Phi) is 6.53. The van der Waals surface area contributed by atoms with Crippen molar-refractivity contribution in [3.63, 3.8) is 0 Å². The number of ether oxygens (including phenoxy) is 2. The van der Waals surface area contributed by atoms with E-state index in [4.69, 9.17) is 28.1 Å². The summed E-state index contributed by atoms with van der Waals surface area (Å²) >= 11 is 0. The molecule has 5 rings (SSSR count). The van der Waals surface area contributed by atoms with Gasteiger partial charge in [-0.25, -0.2) is 18.6 Å². The lowest BCUT2D eigenvalue weighted by atomic mass is 9.56. The third-order valence-corrected chi connectivity index (χ3v) is 6.46. The SMILES string of the molecule is CCOC1(OCC)C2c3c(C)ccc(C)c3C([n+]3ccccc32)C1(C)C.[O-][Cl+3]([O-])([O-])[O-]. The Morgan fingerprint density at radius 3 is 1.94 bits per heavy atom. The zero-order valence-corrected chi connectivity index (χ0v) is 19.6. The fourth-order valence-electron chi connectivity index (χ4n) is 5.50. The van der Waals surface area contributed by atoms with Gasteiger partial charge in [0.2, 0.25) is 0 Å². The smallest absolute Gasteiger partial charge is 0.196 e. The first-order valence-corrected chi connectivity index (χ1v) is 11.6. The Labute approximate surface area is 185 Å². The number of hydrogen-bond acceptors (Lipinski definition) is 6. The van der Waals surface area contributed by atoms with Gasteiger partial charge >= 0.3 is 0 Å². The summed E-state index contributed by atoms with van der Waals surface area (Å²) in [4.78, 5) is 0. The van der Waals surface area contributed by atoms with Gasteiger partial charge in [0, 0.05) is 30.9 Å². The fourth-order valence-corrected chi connectivity index (χ4v) is 5.50. The van der Waals surface area contributed by atoms with Crippen molar-refractivity contribution < 1.29 is 42.9 Å². The Balaban J connectivity index is 0.000000491. The molecule has 3 aliphatic rings. The largest absolute Gasteiger partial charge is 0.348 e. The van der Waals surface area contributed by atoms with Crippen LogP contribution < -0.4 is 23.2 Å². The molecule has 2 unspecified atom stereocenters. The molecule has 1 aliphatic carbocycles. The third kappa shape index (κ3) is 3.89. The number of benzene rings is 1. The molecule has 2 atom stereocenters. The number of pyridine rings is 1. The maximum atomic E-state index is 8.49. The molecule has 0 fully saturated rings. The van der Waals surface area contributed by atoms with E-state index in [1.165, 1.54) is 27.9 Å². The van der Waals surface area contributed by atoms with Gasteiger partial charge < -0.3 is 9.47 Å². The predicted octanol–water partition coefficient (Wildman–Crippen LogP) is -0.321. The van der Waals surface area contributed by atoms with Gasteiger partial charge in [0.1, 0.15) is 5.92 Å². The van der Waals surface area contributed by atoms with Gasteiger partial charge in [-0.3, -0.25) is 0 Å². The monoisotopic (exact) mass is 451 g/mol. The number of rotatable bonds is 4. The van der Waals surface area contributed by atoms with E-state index in [1.54, 1.807) is 0 Å². The first-order chi connectivity index (χ1) is 14.4. The highest BCUT2D eigenvalue weighted by molar-refractivity contribution is 5.52.